The molecular formula is C10H2F19NO3. The Balaban J connectivity index is 0.0000102. The molecule has 0 amide bonds. The monoisotopic (exact) mass is 545 g/mol. The van der Waals surface area contributed by atoms with Gasteiger partial charge in [0.15, 0.2) is 0 Å². The Kier molecular flexibility index (Phi) is 6.85. The summed E-state index contributed by atoms with van der Waals surface area (Å²) in [5.74, 6) is -21.6. The van der Waals surface area contributed by atoms with Crippen LogP contribution in [0.15, 0.2) is 0 Å². The van der Waals surface area contributed by atoms with E-state index in [9.17, 15) is 83.8 Å². The van der Waals surface area contributed by atoms with E-state index in [4.69, 9.17) is 5.11 Å². The molecule has 0 spiro atoms. The first-order valence-electron chi connectivity index (χ1n) is 6.66. The molecule has 1 aliphatic rings. The highest BCUT2D eigenvalue weighted by Gasteiger charge is 2.99. The molecular weight excluding hydrogens is 543 g/mol. The number of alkyl halides is 18. The van der Waals surface area contributed by atoms with Crippen LogP contribution in [0.25, 0.3) is 0 Å². The highest BCUT2D eigenvalue weighted by molar-refractivity contribution is 5.80. The van der Waals surface area contributed by atoms with E-state index >= 15 is 0 Å². The molecule has 0 aromatic carbocycles. The van der Waals surface area contributed by atoms with Crippen LogP contribution in [0.1, 0.15) is 0 Å². The van der Waals surface area contributed by atoms with Crippen LogP contribution in [-0.4, -0.2) is 70.0 Å². The van der Waals surface area contributed by atoms with Crippen LogP contribution < -0.4 is 0 Å². The van der Waals surface area contributed by atoms with Crippen molar-refractivity contribution in [2.24, 2.45) is 0 Å². The van der Waals surface area contributed by atoms with E-state index < -0.39 is 64.9 Å². The van der Waals surface area contributed by atoms with Crippen molar-refractivity contribution in [3.63, 3.8) is 0 Å². The number of hydrogen-bond acceptors (Lipinski definition) is 3. The minimum Gasteiger partial charge on any atom is -0.478 e. The van der Waals surface area contributed by atoms with E-state index in [1.165, 1.54) is 4.74 Å². The first kappa shape index (κ1) is 31.1. The number of carboxylic acid groups (broad SMARTS) is 1. The summed E-state index contributed by atoms with van der Waals surface area (Å²) in [7, 11) is 0. The fourth-order valence-corrected chi connectivity index (χ4v) is 2.31. The summed E-state index contributed by atoms with van der Waals surface area (Å²) in [6.07, 6.45) is -40.0. The number of carboxylic acids is 1. The van der Waals surface area contributed by atoms with Crippen molar-refractivity contribution in [3.05, 3.63) is 0 Å². The van der Waals surface area contributed by atoms with Gasteiger partial charge >= 0.3 is 60.0 Å². The Morgan fingerprint density at radius 2 is 0.939 bits per heavy atom. The molecule has 0 aromatic heterocycles. The largest absolute Gasteiger partial charge is 0.478 e. The van der Waals surface area contributed by atoms with Crippen molar-refractivity contribution >= 4 is 5.97 Å². The van der Waals surface area contributed by atoms with Crippen LogP contribution in [0.5, 0.6) is 0 Å². The molecule has 0 aliphatic carbocycles. The molecule has 3 atom stereocenters. The Morgan fingerprint density at radius 1 is 0.667 bits per heavy atom. The number of hydrogen-bond donors (Lipinski definition) is 1. The summed E-state index contributed by atoms with van der Waals surface area (Å²) < 4.78 is 240. The lowest BCUT2D eigenvalue weighted by atomic mass is 9.93. The fraction of sp³-hybridized carbons (Fsp3) is 0.900. The van der Waals surface area contributed by atoms with Crippen molar-refractivity contribution in [2.45, 2.75) is 54.0 Å². The zero-order valence-electron chi connectivity index (χ0n) is 13.9. The van der Waals surface area contributed by atoms with Crippen molar-refractivity contribution < 1.29 is 98.4 Å². The molecule has 1 rings (SSSR count). The quantitative estimate of drug-likeness (QED) is 0.398. The summed E-state index contributed by atoms with van der Waals surface area (Å²) in [6, 6.07) is -8.66. The smallest absolute Gasteiger partial charge is 0.446 e. The van der Waals surface area contributed by atoms with Gasteiger partial charge in [-0.05, 0) is 0 Å². The molecule has 198 valence electrons. The lowest BCUT2D eigenvalue weighted by Gasteiger charge is -2.57. The van der Waals surface area contributed by atoms with Crippen molar-refractivity contribution in [2.75, 3.05) is 0 Å². The van der Waals surface area contributed by atoms with Crippen molar-refractivity contribution in [1.29, 1.82) is 0 Å². The second-order valence-corrected chi connectivity index (χ2v) is 5.71. The molecule has 3 unspecified atom stereocenters. The summed E-state index contributed by atoms with van der Waals surface area (Å²) in [5, 5.41) is 8.03. The molecule has 33 heavy (non-hydrogen) atoms. The molecule has 0 bridgehead atoms. The van der Waals surface area contributed by atoms with Crippen LogP contribution in [0.2, 0.25) is 0 Å². The van der Waals surface area contributed by atoms with E-state index in [-0.39, 0.29) is 4.70 Å². The van der Waals surface area contributed by atoms with Crippen LogP contribution in [0.4, 0.5) is 83.7 Å². The first-order chi connectivity index (χ1) is 13.5. The minimum absolute atomic E-state index is 0. The third kappa shape index (κ3) is 3.51. The maximum atomic E-state index is 14.2. The molecule has 1 heterocycles. The van der Waals surface area contributed by atoms with Crippen molar-refractivity contribution in [3.8, 4) is 0 Å². The van der Waals surface area contributed by atoms with E-state index in [1.54, 1.807) is 0 Å². The van der Waals surface area contributed by atoms with Gasteiger partial charge in [-0.2, -0.15) is 65.9 Å². The zero-order chi connectivity index (χ0) is 26.4. The molecule has 0 aromatic rings. The zero-order valence-corrected chi connectivity index (χ0v) is 13.9. The first-order valence-corrected chi connectivity index (χ1v) is 6.66. The number of aliphatic carboxylic acids is 1. The Labute approximate surface area is 165 Å². The van der Waals surface area contributed by atoms with E-state index in [2.05, 4.69) is 0 Å². The standard InChI is InChI=1S/C10HF18NO3.FH/c11-2(1(30)31,5(14,15)16)8(23,24)29-3(12,6(17,18)19)9(25,26)32-10(27,28)4(29,13)7(20,21)22;/h(H,30,31);1H. The summed E-state index contributed by atoms with van der Waals surface area (Å²) in [5.41, 5.74) is -8.02. The molecule has 1 fully saturated rings. The molecule has 0 saturated carbocycles. The number of nitrogens with zero attached hydrogens (tertiary/aromatic N) is 1. The van der Waals surface area contributed by atoms with Crippen LogP contribution in [0.3, 0.4) is 0 Å². The topological polar surface area (TPSA) is 49.8 Å². The normalized spacial score (nSPS) is 30.8. The average molecular weight is 545 g/mol. The van der Waals surface area contributed by atoms with Gasteiger partial charge in [0.05, 0.1) is 0 Å². The van der Waals surface area contributed by atoms with E-state index in [0.29, 0.717) is 0 Å². The molecule has 4 nitrogen and oxygen atoms in total. The van der Waals surface area contributed by atoms with Crippen molar-refractivity contribution in [1.82, 2.24) is 4.90 Å². The predicted molar refractivity (Wildman–Crippen MR) is 57.6 cm³/mol. The lowest BCUT2D eigenvalue weighted by molar-refractivity contribution is -0.601. The van der Waals surface area contributed by atoms with Gasteiger partial charge in [-0.1, -0.05) is 0 Å². The number of carbonyl (C=O) groups is 1. The molecule has 1 saturated heterocycles. The fourth-order valence-electron chi connectivity index (χ4n) is 2.31. The predicted octanol–water partition coefficient (Wildman–Crippen LogP) is 5.06. The maximum absolute atomic E-state index is 14.2. The van der Waals surface area contributed by atoms with Gasteiger partial charge < -0.3 is 5.11 Å². The van der Waals surface area contributed by atoms with Crippen LogP contribution in [0, 0.1) is 0 Å². The van der Waals surface area contributed by atoms with Crippen LogP contribution >= 0.6 is 0 Å². The van der Waals surface area contributed by atoms with Gasteiger partial charge in [0.25, 0.3) is 0 Å². The van der Waals surface area contributed by atoms with Gasteiger partial charge in [-0.25, -0.2) is 22.7 Å². The van der Waals surface area contributed by atoms with E-state index in [1.807, 2.05) is 0 Å². The van der Waals surface area contributed by atoms with Gasteiger partial charge in [-0.15, -0.1) is 4.90 Å². The maximum Gasteiger partial charge on any atom is 0.446 e. The lowest BCUT2D eigenvalue weighted by Crippen LogP contribution is -2.89. The third-order valence-electron chi connectivity index (χ3n) is 3.78. The third-order valence-corrected chi connectivity index (χ3v) is 3.78. The minimum atomic E-state index is -8.66. The molecule has 23 heteroatoms. The van der Waals surface area contributed by atoms with Gasteiger partial charge in [-0.3, -0.25) is 4.70 Å². The highest BCUT2D eigenvalue weighted by Crippen LogP contribution is 2.67. The number of halogens is 19. The SMILES string of the molecule is F.O=C(O)C(F)(C(F)(F)F)C(F)(F)N1C(F)(C(F)(F)F)C(F)(F)OC(F)(F)C1(F)C(F)(F)F. The van der Waals surface area contributed by atoms with Crippen LogP contribution in [-0.2, 0) is 9.53 Å². The Morgan fingerprint density at radius 3 is 1.12 bits per heavy atom. The van der Waals surface area contributed by atoms with Gasteiger partial charge in [0, 0.05) is 0 Å². The second-order valence-electron chi connectivity index (χ2n) is 5.71. The van der Waals surface area contributed by atoms with Gasteiger partial charge in [0.1, 0.15) is 0 Å². The Hall–Kier alpha value is -1.94. The second kappa shape index (κ2) is 7.28. The van der Waals surface area contributed by atoms with E-state index in [0.717, 1.165) is 0 Å². The summed E-state index contributed by atoms with van der Waals surface area (Å²) in [6.45, 7) is 0. The number of morpholine rings is 1. The van der Waals surface area contributed by atoms with Gasteiger partial charge in [0.2, 0.25) is 0 Å². The summed E-state index contributed by atoms with van der Waals surface area (Å²) >= 11 is 0. The molecule has 1 aliphatic heterocycles. The summed E-state index contributed by atoms with van der Waals surface area (Å²) in [4.78, 5) is 5.47. The molecule has 1 N–H and O–H groups in total. The Bertz CT molecular complexity index is 733. The highest BCUT2D eigenvalue weighted by atomic mass is 19.4. The molecule has 0 radical (unpaired) electrons. The number of ether oxygens (including phenoxy) is 1. The average Bonchev–Trinajstić information content (AvgIpc) is 2.47. The number of rotatable bonds is 3.